The predicted molar refractivity (Wildman–Crippen MR) is 69.4 cm³/mol. The van der Waals surface area contributed by atoms with Crippen molar-refractivity contribution in [3.63, 3.8) is 0 Å². The second-order valence-corrected chi connectivity index (χ2v) is 4.90. The largest absolute Gasteiger partial charge is 0.478 e. The van der Waals surface area contributed by atoms with E-state index in [1.807, 2.05) is 0 Å². The first kappa shape index (κ1) is 15.5. The van der Waals surface area contributed by atoms with Gasteiger partial charge in [0.1, 0.15) is 5.56 Å². The number of carboxylic acids is 1. The molecular formula is C13H16F3N3O2. The SMILES string of the molecule is CCc1nc(N2CCCCC2)nc(C(F)(F)F)c1C(=O)O. The van der Waals surface area contributed by atoms with Crippen LogP contribution in [0, 0.1) is 0 Å². The van der Waals surface area contributed by atoms with Crippen LogP contribution in [0.15, 0.2) is 0 Å². The van der Waals surface area contributed by atoms with E-state index in [4.69, 9.17) is 5.11 Å². The molecule has 0 aliphatic carbocycles. The molecule has 0 bridgehead atoms. The third-order valence-electron chi connectivity index (χ3n) is 3.43. The number of hydrogen-bond acceptors (Lipinski definition) is 4. The maximum Gasteiger partial charge on any atom is 0.434 e. The van der Waals surface area contributed by atoms with Gasteiger partial charge in [-0.25, -0.2) is 14.8 Å². The highest BCUT2D eigenvalue weighted by molar-refractivity contribution is 5.90. The Bertz CT molecular complexity index is 540. The predicted octanol–water partition coefficient (Wildman–Crippen LogP) is 2.75. The maximum absolute atomic E-state index is 13.1. The lowest BCUT2D eigenvalue weighted by Crippen LogP contribution is -2.33. The lowest BCUT2D eigenvalue weighted by Gasteiger charge is -2.27. The molecular weight excluding hydrogens is 287 g/mol. The lowest BCUT2D eigenvalue weighted by molar-refractivity contribution is -0.141. The quantitative estimate of drug-likeness (QED) is 0.930. The van der Waals surface area contributed by atoms with Gasteiger partial charge in [-0.3, -0.25) is 0 Å². The van der Waals surface area contributed by atoms with Crippen LogP contribution in [0.3, 0.4) is 0 Å². The van der Waals surface area contributed by atoms with Crippen LogP contribution in [0.4, 0.5) is 19.1 Å². The number of alkyl halides is 3. The van der Waals surface area contributed by atoms with Crippen LogP contribution in [0.5, 0.6) is 0 Å². The van der Waals surface area contributed by atoms with Crippen molar-refractivity contribution in [1.82, 2.24) is 9.97 Å². The Balaban J connectivity index is 2.56. The minimum Gasteiger partial charge on any atom is -0.478 e. The topological polar surface area (TPSA) is 66.3 Å². The highest BCUT2D eigenvalue weighted by atomic mass is 19.4. The van der Waals surface area contributed by atoms with E-state index in [1.54, 1.807) is 11.8 Å². The van der Waals surface area contributed by atoms with E-state index in [0.29, 0.717) is 13.1 Å². The third-order valence-corrected chi connectivity index (χ3v) is 3.43. The smallest absolute Gasteiger partial charge is 0.434 e. The highest BCUT2D eigenvalue weighted by Crippen LogP contribution is 2.33. The number of hydrogen-bond donors (Lipinski definition) is 1. The standard InChI is InChI=1S/C13H16F3N3O2/c1-2-8-9(11(20)21)10(13(14,15)16)18-12(17-8)19-6-4-3-5-7-19/h2-7H2,1H3,(H,20,21). The van der Waals surface area contributed by atoms with Gasteiger partial charge in [0.05, 0.1) is 5.69 Å². The number of nitrogens with zero attached hydrogens (tertiary/aromatic N) is 3. The monoisotopic (exact) mass is 303 g/mol. The molecule has 0 atom stereocenters. The molecule has 1 aromatic rings. The Morgan fingerprint density at radius 2 is 1.86 bits per heavy atom. The molecule has 1 fully saturated rings. The van der Waals surface area contributed by atoms with Gasteiger partial charge in [0.2, 0.25) is 5.95 Å². The van der Waals surface area contributed by atoms with E-state index >= 15 is 0 Å². The average molecular weight is 303 g/mol. The summed E-state index contributed by atoms with van der Waals surface area (Å²) in [4.78, 5) is 20.4. The summed E-state index contributed by atoms with van der Waals surface area (Å²) in [6.07, 6.45) is -1.95. The molecule has 1 aliphatic heterocycles. The van der Waals surface area contributed by atoms with Crippen LogP contribution in [0.2, 0.25) is 0 Å². The fraction of sp³-hybridized carbons (Fsp3) is 0.615. The highest BCUT2D eigenvalue weighted by Gasteiger charge is 2.40. The molecule has 0 unspecified atom stereocenters. The van der Waals surface area contributed by atoms with E-state index in [-0.39, 0.29) is 18.1 Å². The fourth-order valence-corrected chi connectivity index (χ4v) is 2.42. The zero-order chi connectivity index (χ0) is 15.6. The fourth-order valence-electron chi connectivity index (χ4n) is 2.42. The van der Waals surface area contributed by atoms with E-state index in [1.165, 1.54) is 0 Å². The molecule has 0 amide bonds. The molecule has 8 heteroatoms. The molecule has 116 valence electrons. The summed E-state index contributed by atoms with van der Waals surface area (Å²) >= 11 is 0. The van der Waals surface area contributed by atoms with Gasteiger partial charge in [-0.15, -0.1) is 0 Å². The number of piperidine rings is 1. The molecule has 2 rings (SSSR count). The Morgan fingerprint density at radius 1 is 1.24 bits per heavy atom. The third kappa shape index (κ3) is 3.25. The normalized spacial score (nSPS) is 16.1. The van der Waals surface area contributed by atoms with Crippen LogP contribution in [-0.2, 0) is 12.6 Å². The van der Waals surface area contributed by atoms with Crippen molar-refractivity contribution in [2.45, 2.75) is 38.8 Å². The summed E-state index contributed by atoms with van der Waals surface area (Å²) in [5, 5.41) is 9.05. The van der Waals surface area contributed by atoms with Crippen LogP contribution >= 0.6 is 0 Å². The van der Waals surface area contributed by atoms with Gasteiger partial charge < -0.3 is 10.0 Å². The van der Waals surface area contributed by atoms with Gasteiger partial charge >= 0.3 is 12.1 Å². The summed E-state index contributed by atoms with van der Waals surface area (Å²) in [5.74, 6) is -1.67. The molecule has 1 N–H and O–H groups in total. The molecule has 21 heavy (non-hydrogen) atoms. The van der Waals surface area contributed by atoms with E-state index < -0.39 is 23.4 Å². The van der Waals surface area contributed by atoms with Crippen molar-refractivity contribution >= 4 is 11.9 Å². The Kier molecular flexibility index (Phi) is 4.34. The van der Waals surface area contributed by atoms with Gasteiger partial charge in [0.15, 0.2) is 5.69 Å². The first-order valence-electron chi connectivity index (χ1n) is 6.81. The van der Waals surface area contributed by atoms with Gasteiger partial charge in [0.25, 0.3) is 0 Å². The van der Waals surface area contributed by atoms with Crippen LogP contribution in [-0.4, -0.2) is 34.1 Å². The van der Waals surface area contributed by atoms with Gasteiger partial charge in [-0.05, 0) is 25.7 Å². The molecule has 1 saturated heterocycles. The number of aromatic nitrogens is 2. The van der Waals surface area contributed by atoms with E-state index in [0.717, 1.165) is 19.3 Å². The molecule has 5 nitrogen and oxygen atoms in total. The molecule has 0 aromatic carbocycles. The molecule has 2 heterocycles. The number of rotatable bonds is 3. The number of carboxylic acid groups (broad SMARTS) is 1. The molecule has 0 saturated carbocycles. The summed E-state index contributed by atoms with van der Waals surface area (Å²) < 4.78 is 39.3. The van der Waals surface area contributed by atoms with Crippen molar-refractivity contribution in [3.8, 4) is 0 Å². The minimum atomic E-state index is -4.81. The van der Waals surface area contributed by atoms with Crippen LogP contribution < -0.4 is 4.90 Å². The van der Waals surface area contributed by atoms with Crippen molar-refractivity contribution < 1.29 is 23.1 Å². The number of halogens is 3. The average Bonchev–Trinajstić information content (AvgIpc) is 2.45. The lowest BCUT2D eigenvalue weighted by atomic mass is 10.1. The van der Waals surface area contributed by atoms with Crippen molar-refractivity contribution in [2.24, 2.45) is 0 Å². The molecule has 1 aliphatic rings. The Hall–Kier alpha value is -1.86. The van der Waals surface area contributed by atoms with Gasteiger partial charge in [0, 0.05) is 13.1 Å². The molecule has 0 radical (unpaired) electrons. The van der Waals surface area contributed by atoms with Crippen LogP contribution in [0.25, 0.3) is 0 Å². The van der Waals surface area contributed by atoms with E-state index in [9.17, 15) is 18.0 Å². The number of anilines is 1. The Morgan fingerprint density at radius 3 is 2.33 bits per heavy atom. The van der Waals surface area contributed by atoms with Gasteiger partial charge in [-0.2, -0.15) is 13.2 Å². The first-order valence-corrected chi connectivity index (χ1v) is 6.81. The second kappa shape index (κ2) is 5.87. The number of aryl methyl sites for hydroxylation is 1. The molecule has 1 aromatic heterocycles. The second-order valence-electron chi connectivity index (χ2n) is 4.90. The number of carbonyl (C=O) groups is 1. The summed E-state index contributed by atoms with van der Waals surface area (Å²) in [6, 6.07) is 0. The zero-order valence-electron chi connectivity index (χ0n) is 11.6. The van der Waals surface area contributed by atoms with Crippen LogP contribution in [0.1, 0.15) is 47.9 Å². The Labute approximate surface area is 119 Å². The zero-order valence-corrected chi connectivity index (χ0v) is 11.6. The summed E-state index contributed by atoms with van der Waals surface area (Å²) in [5.41, 5.74) is -2.28. The van der Waals surface area contributed by atoms with E-state index in [2.05, 4.69) is 9.97 Å². The molecule has 0 spiro atoms. The maximum atomic E-state index is 13.1. The van der Waals surface area contributed by atoms with Crippen molar-refractivity contribution in [1.29, 1.82) is 0 Å². The minimum absolute atomic E-state index is 0.0242. The van der Waals surface area contributed by atoms with Crippen molar-refractivity contribution in [3.05, 3.63) is 17.0 Å². The summed E-state index contributed by atoms with van der Waals surface area (Å²) in [7, 11) is 0. The first-order chi connectivity index (χ1) is 9.84. The number of aromatic carboxylic acids is 1. The van der Waals surface area contributed by atoms with Crippen molar-refractivity contribution in [2.75, 3.05) is 18.0 Å². The summed E-state index contributed by atoms with van der Waals surface area (Å²) in [6.45, 7) is 2.76. The van der Waals surface area contributed by atoms with Gasteiger partial charge in [-0.1, -0.05) is 6.92 Å².